The van der Waals surface area contributed by atoms with Gasteiger partial charge in [0, 0.05) is 13.7 Å². The zero-order valence-corrected chi connectivity index (χ0v) is 7.92. The van der Waals surface area contributed by atoms with Crippen LogP contribution in [0.15, 0.2) is 0 Å². The second-order valence-electron chi connectivity index (χ2n) is 3.22. The first-order valence-electron chi connectivity index (χ1n) is 4.72. The van der Waals surface area contributed by atoms with Gasteiger partial charge in [0.25, 0.3) is 0 Å². The number of hydrogen-bond donors (Lipinski definition) is 0. The maximum atomic E-state index is 5.22. The molecular weight excluding hydrogens is 154 g/mol. The molecule has 0 aliphatic carbocycles. The zero-order chi connectivity index (χ0) is 8.65. The van der Waals surface area contributed by atoms with Crippen molar-refractivity contribution in [1.82, 2.24) is 4.90 Å². The van der Waals surface area contributed by atoms with E-state index < -0.39 is 0 Å². The summed E-state index contributed by atoms with van der Waals surface area (Å²) in [6.45, 7) is 4.78. The summed E-state index contributed by atoms with van der Waals surface area (Å²) in [6.07, 6.45) is 4.10. The van der Waals surface area contributed by atoms with Crippen molar-refractivity contribution >= 4 is 0 Å². The largest absolute Gasteiger partial charge is 0.359 e. The summed E-state index contributed by atoms with van der Waals surface area (Å²) in [5, 5.41) is 0. The maximum absolute atomic E-state index is 5.22. The molecule has 0 saturated carbocycles. The van der Waals surface area contributed by atoms with E-state index in [9.17, 15) is 0 Å². The van der Waals surface area contributed by atoms with Crippen LogP contribution in [-0.2, 0) is 9.47 Å². The van der Waals surface area contributed by atoms with Crippen molar-refractivity contribution in [3.05, 3.63) is 0 Å². The molecule has 0 aromatic carbocycles. The van der Waals surface area contributed by atoms with E-state index in [0.29, 0.717) is 6.79 Å². The lowest BCUT2D eigenvalue weighted by molar-refractivity contribution is -0.0374. The number of hydrogen-bond acceptors (Lipinski definition) is 3. The van der Waals surface area contributed by atoms with Crippen LogP contribution in [-0.4, -0.2) is 45.0 Å². The van der Waals surface area contributed by atoms with E-state index in [-0.39, 0.29) is 0 Å². The molecule has 0 aromatic heterocycles. The van der Waals surface area contributed by atoms with Crippen molar-refractivity contribution in [2.24, 2.45) is 0 Å². The Hall–Kier alpha value is -0.120. The smallest absolute Gasteiger partial charge is 0.146 e. The van der Waals surface area contributed by atoms with Crippen molar-refractivity contribution in [3.63, 3.8) is 0 Å². The summed E-state index contributed by atoms with van der Waals surface area (Å²) >= 11 is 0. The van der Waals surface area contributed by atoms with Gasteiger partial charge in [0.1, 0.15) is 6.79 Å². The van der Waals surface area contributed by atoms with Crippen molar-refractivity contribution in [3.8, 4) is 0 Å². The van der Waals surface area contributed by atoms with Crippen molar-refractivity contribution in [2.45, 2.75) is 19.3 Å². The van der Waals surface area contributed by atoms with Gasteiger partial charge in [-0.15, -0.1) is 0 Å². The molecule has 1 aliphatic heterocycles. The second kappa shape index (κ2) is 6.40. The number of methoxy groups -OCH3 is 1. The fourth-order valence-electron chi connectivity index (χ4n) is 1.52. The normalized spacial score (nSPS) is 19.8. The van der Waals surface area contributed by atoms with E-state index in [2.05, 4.69) is 4.90 Å². The Labute approximate surface area is 74.6 Å². The van der Waals surface area contributed by atoms with Crippen LogP contribution in [0.25, 0.3) is 0 Å². The molecule has 1 saturated heterocycles. The summed E-state index contributed by atoms with van der Waals surface area (Å²) in [4.78, 5) is 2.46. The molecule has 3 nitrogen and oxygen atoms in total. The SMILES string of the molecule is COCOCCN1CCCCC1. The minimum Gasteiger partial charge on any atom is -0.359 e. The first kappa shape index (κ1) is 9.96. The molecule has 1 rings (SSSR count). The van der Waals surface area contributed by atoms with Gasteiger partial charge in [0.15, 0.2) is 0 Å². The van der Waals surface area contributed by atoms with Gasteiger partial charge in [-0.1, -0.05) is 6.42 Å². The summed E-state index contributed by atoms with van der Waals surface area (Å²) < 4.78 is 10.0. The second-order valence-corrected chi connectivity index (χ2v) is 3.22. The quantitative estimate of drug-likeness (QED) is 0.459. The third-order valence-corrected chi connectivity index (χ3v) is 2.20. The van der Waals surface area contributed by atoms with Crippen LogP contribution in [0.3, 0.4) is 0 Å². The molecule has 0 bridgehead atoms. The van der Waals surface area contributed by atoms with E-state index in [1.165, 1.54) is 32.4 Å². The molecule has 72 valence electrons. The summed E-state index contributed by atoms with van der Waals surface area (Å²) in [7, 11) is 1.65. The van der Waals surface area contributed by atoms with Crippen LogP contribution in [0.5, 0.6) is 0 Å². The number of nitrogens with zero attached hydrogens (tertiary/aromatic N) is 1. The molecule has 0 N–H and O–H groups in total. The van der Waals surface area contributed by atoms with Crippen molar-refractivity contribution < 1.29 is 9.47 Å². The van der Waals surface area contributed by atoms with E-state index in [1.807, 2.05) is 0 Å². The highest BCUT2D eigenvalue weighted by molar-refractivity contribution is 4.63. The van der Waals surface area contributed by atoms with E-state index >= 15 is 0 Å². The summed E-state index contributed by atoms with van der Waals surface area (Å²) in [6, 6.07) is 0. The molecule has 1 heterocycles. The van der Waals surface area contributed by atoms with Crippen LogP contribution in [0.2, 0.25) is 0 Å². The summed E-state index contributed by atoms with van der Waals surface area (Å²) in [5.41, 5.74) is 0. The van der Waals surface area contributed by atoms with E-state index in [0.717, 1.165) is 13.2 Å². The third kappa shape index (κ3) is 4.04. The molecule has 0 amide bonds. The molecule has 1 aliphatic rings. The molecule has 12 heavy (non-hydrogen) atoms. The molecule has 1 fully saturated rings. The van der Waals surface area contributed by atoms with Gasteiger partial charge in [-0.05, 0) is 25.9 Å². The topological polar surface area (TPSA) is 21.7 Å². The summed E-state index contributed by atoms with van der Waals surface area (Å²) in [5.74, 6) is 0. The molecule has 0 atom stereocenters. The van der Waals surface area contributed by atoms with Crippen molar-refractivity contribution in [2.75, 3.05) is 40.1 Å². The number of likely N-dealkylation sites (tertiary alicyclic amines) is 1. The van der Waals surface area contributed by atoms with Gasteiger partial charge in [-0.25, -0.2) is 0 Å². The van der Waals surface area contributed by atoms with Gasteiger partial charge in [-0.3, -0.25) is 0 Å². The molecule has 0 spiro atoms. The average molecular weight is 173 g/mol. The lowest BCUT2D eigenvalue weighted by atomic mass is 10.1. The van der Waals surface area contributed by atoms with Crippen molar-refractivity contribution in [1.29, 1.82) is 0 Å². The predicted octanol–water partition coefficient (Wildman–Crippen LogP) is 1.09. The van der Waals surface area contributed by atoms with Crippen LogP contribution in [0.4, 0.5) is 0 Å². The van der Waals surface area contributed by atoms with Gasteiger partial charge in [0.05, 0.1) is 6.61 Å². The Morgan fingerprint density at radius 2 is 1.92 bits per heavy atom. The Balaban J connectivity index is 1.91. The van der Waals surface area contributed by atoms with Gasteiger partial charge in [0.2, 0.25) is 0 Å². The third-order valence-electron chi connectivity index (χ3n) is 2.20. The standard InChI is InChI=1S/C9H19NO2/c1-11-9-12-8-7-10-5-3-2-4-6-10/h2-9H2,1H3. The van der Waals surface area contributed by atoms with Crippen LogP contribution >= 0.6 is 0 Å². The first-order valence-corrected chi connectivity index (χ1v) is 4.72. The fourth-order valence-corrected chi connectivity index (χ4v) is 1.52. The monoisotopic (exact) mass is 173 g/mol. The highest BCUT2D eigenvalue weighted by atomic mass is 16.7. The molecular formula is C9H19NO2. The molecule has 0 aromatic rings. The zero-order valence-electron chi connectivity index (χ0n) is 7.92. The predicted molar refractivity (Wildman–Crippen MR) is 48.1 cm³/mol. The Morgan fingerprint density at radius 3 is 2.58 bits per heavy atom. The highest BCUT2D eigenvalue weighted by Crippen LogP contribution is 2.07. The Bertz CT molecular complexity index is 103. The van der Waals surface area contributed by atoms with Gasteiger partial charge in [-0.2, -0.15) is 0 Å². The van der Waals surface area contributed by atoms with Crippen LogP contribution < -0.4 is 0 Å². The lowest BCUT2D eigenvalue weighted by Crippen LogP contribution is -2.32. The number of ether oxygens (including phenoxy) is 2. The highest BCUT2D eigenvalue weighted by Gasteiger charge is 2.08. The maximum Gasteiger partial charge on any atom is 0.146 e. The molecule has 0 unspecified atom stereocenters. The fraction of sp³-hybridized carbons (Fsp3) is 1.00. The average Bonchev–Trinajstić information content (AvgIpc) is 2.14. The van der Waals surface area contributed by atoms with E-state index in [1.54, 1.807) is 7.11 Å². The Morgan fingerprint density at radius 1 is 1.17 bits per heavy atom. The first-order chi connectivity index (χ1) is 5.93. The minimum absolute atomic E-state index is 0.424. The van der Waals surface area contributed by atoms with Gasteiger partial charge >= 0.3 is 0 Å². The van der Waals surface area contributed by atoms with Gasteiger partial charge < -0.3 is 14.4 Å². The minimum atomic E-state index is 0.424. The number of rotatable bonds is 5. The Kier molecular flexibility index (Phi) is 5.32. The molecule has 0 radical (unpaired) electrons. The van der Waals surface area contributed by atoms with Crippen LogP contribution in [0.1, 0.15) is 19.3 Å². The van der Waals surface area contributed by atoms with E-state index in [4.69, 9.17) is 9.47 Å². The number of piperidine rings is 1. The van der Waals surface area contributed by atoms with Crippen LogP contribution in [0, 0.1) is 0 Å². The lowest BCUT2D eigenvalue weighted by Gasteiger charge is -2.25. The molecule has 3 heteroatoms.